The average Bonchev–Trinajstić information content (AvgIpc) is 2.58. The minimum Gasteiger partial charge on any atom is -0.504 e. The van der Waals surface area contributed by atoms with Crippen LogP contribution in [0.1, 0.15) is 12.5 Å². The van der Waals surface area contributed by atoms with Crippen LogP contribution in [-0.4, -0.2) is 28.6 Å². The van der Waals surface area contributed by atoms with E-state index in [0.717, 1.165) is 17.9 Å². The third kappa shape index (κ3) is 2.21. The summed E-state index contributed by atoms with van der Waals surface area (Å²) in [4.78, 5) is 4.33. The van der Waals surface area contributed by atoms with Gasteiger partial charge in [-0.3, -0.25) is 4.99 Å². The lowest BCUT2D eigenvalue weighted by Gasteiger charge is -2.06. The van der Waals surface area contributed by atoms with E-state index in [1.165, 1.54) is 6.07 Å². The maximum absolute atomic E-state index is 9.32. The average molecular weight is 206 g/mol. The molecular weight excluding hydrogens is 192 g/mol. The predicted molar refractivity (Wildman–Crippen MR) is 58.4 cm³/mol. The van der Waals surface area contributed by atoms with Gasteiger partial charge in [0.15, 0.2) is 11.5 Å². The Balaban J connectivity index is 2.08. The minimum atomic E-state index is -0.0894. The normalized spacial score (nSPS) is 19.8. The molecule has 0 aromatic heterocycles. The van der Waals surface area contributed by atoms with Crippen LogP contribution in [0, 0.1) is 0 Å². The summed E-state index contributed by atoms with van der Waals surface area (Å²) >= 11 is 0. The lowest BCUT2D eigenvalue weighted by molar-refractivity contribution is 0.403. The van der Waals surface area contributed by atoms with Crippen molar-refractivity contribution in [1.29, 1.82) is 0 Å². The van der Waals surface area contributed by atoms with E-state index >= 15 is 0 Å². The Morgan fingerprint density at radius 2 is 2.20 bits per heavy atom. The molecule has 0 unspecified atom stereocenters. The van der Waals surface area contributed by atoms with Crippen LogP contribution in [0.3, 0.4) is 0 Å². The van der Waals surface area contributed by atoms with Crippen molar-refractivity contribution in [3.8, 4) is 11.5 Å². The molecular formula is C11H14N2O2. The zero-order valence-corrected chi connectivity index (χ0v) is 8.57. The fourth-order valence-electron chi connectivity index (χ4n) is 1.60. The monoisotopic (exact) mass is 206 g/mol. The van der Waals surface area contributed by atoms with Crippen molar-refractivity contribution in [1.82, 2.24) is 5.32 Å². The maximum Gasteiger partial charge on any atom is 0.157 e. The molecule has 1 aliphatic rings. The van der Waals surface area contributed by atoms with Crippen LogP contribution >= 0.6 is 0 Å². The van der Waals surface area contributed by atoms with Crippen molar-refractivity contribution in [3.05, 3.63) is 23.8 Å². The van der Waals surface area contributed by atoms with Crippen molar-refractivity contribution in [2.75, 3.05) is 6.54 Å². The number of phenols is 2. The summed E-state index contributed by atoms with van der Waals surface area (Å²) in [7, 11) is 0. The molecule has 0 bridgehead atoms. The van der Waals surface area contributed by atoms with E-state index in [1.54, 1.807) is 12.1 Å². The molecule has 1 aliphatic heterocycles. The highest BCUT2D eigenvalue weighted by molar-refractivity contribution is 5.86. The standard InChI is InChI=1S/C11H14N2O2/c1-7-6-12-11(13-7)5-8-2-3-9(14)10(15)4-8/h2-4,7,14-15H,5-6H2,1H3,(H,12,13)/t7-/m1/s1. The smallest absolute Gasteiger partial charge is 0.157 e. The minimum absolute atomic E-state index is 0.0841. The van der Waals surface area contributed by atoms with Crippen LogP contribution in [0.5, 0.6) is 11.5 Å². The topological polar surface area (TPSA) is 64.9 Å². The number of aliphatic imine (C=N–C) groups is 1. The Labute approximate surface area is 88.3 Å². The van der Waals surface area contributed by atoms with Crippen LogP contribution in [0.2, 0.25) is 0 Å². The van der Waals surface area contributed by atoms with E-state index in [4.69, 9.17) is 5.11 Å². The van der Waals surface area contributed by atoms with Gasteiger partial charge in [-0.2, -0.15) is 0 Å². The molecule has 1 heterocycles. The van der Waals surface area contributed by atoms with Gasteiger partial charge in [-0.05, 0) is 24.6 Å². The molecule has 80 valence electrons. The summed E-state index contributed by atoms with van der Waals surface area (Å²) in [5, 5.41) is 21.7. The zero-order chi connectivity index (χ0) is 10.8. The molecule has 0 spiro atoms. The summed E-state index contributed by atoms with van der Waals surface area (Å²) in [5.41, 5.74) is 0.936. The van der Waals surface area contributed by atoms with Gasteiger partial charge in [-0.15, -0.1) is 0 Å². The van der Waals surface area contributed by atoms with Crippen molar-refractivity contribution in [3.63, 3.8) is 0 Å². The summed E-state index contributed by atoms with van der Waals surface area (Å²) in [6.07, 6.45) is 0.665. The van der Waals surface area contributed by atoms with Crippen molar-refractivity contribution in [2.24, 2.45) is 4.99 Å². The number of benzene rings is 1. The van der Waals surface area contributed by atoms with Gasteiger partial charge in [0.1, 0.15) is 5.84 Å². The number of aromatic hydroxyl groups is 2. The largest absolute Gasteiger partial charge is 0.504 e. The maximum atomic E-state index is 9.32. The molecule has 4 heteroatoms. The summed E-state index contributed by atoms with van der Waals surface area (Å²) < 4.78 is 0. The fourth-order valence-corrected chi connectivity index (χ4v) is 1.60. The van der Waals surface area contributed by atoms with Gasteiger partial charge in [0.2, 0.25) is 0 Å². The fraction of sp³-hybridized carbons (Fsp3) is 0.364. The molecule has 0 aliphatic carbocycles. The summed E-state index contributed by atoms with van der Waals surface area (Å²) in [6.45, 7) is 2.88. The Morgan fingerprint density at radius 3 is 2.80 bits per heavy atom. The van der Waals surface area contributed by atoms with Gasteiger partial charge < -0.3 is 15.5 Å². The van der Waals surface area contributed by atoms with Crippen LogP contribution in [0.25, 0.3) is 0 Å². The number of hydrogen-bond acceptors (Lipinski definition) is 4. The number of nitrogens with one attached hydrogen (secondary N) is 1. The second-order valence-corrected chi connectivity index (χ2v) is 3.83. The molecule has 4 nitrogen and oxygen atoms in total. The van der Waals surface area contributed by atoms with E-state index in [0.29, 0.717) is 12.5 Å². The Hall–Kier alpha value is -1.71. The molecule has 1 aromatic rings. The highest BCUT2D eigenvalue weighted by Crippen LogP contribution is 2.25. The molecule has 0 radical (unpaired) electrons. The first-order chi connectivity index (χ1) is 7.15. The molecule has 1 atom stereocenters. The van der Waals surface area contributed by atoms with Gasteiger partial charge in [0.05, 0.1) is 6.54 Å². The van der Waals surface area contributed by atoms with E-state index in [9.17, 15) is 5.11 Å². The van der Waals surface area contributed by atoms with Crippen LogP contribution < -0.4 is 5.32 Å². The Bertz CT molecular complexity index is 402. The third-order valence-electron chi connectivity index (χ3n) is 2.38. The van der Waals surface area contributed by atoms with Crippen LogP contribution in [0.4, 0.5) is 0 Å². The van der Waals surface area contributed by atoms with E-state index < -0.39 is 0 Å². The predicted octanol–water partition coefficient (Wildman–Crippen LogP) is 1.03. The van der Waals surface area contributed by atoms with Gasteiger partial charge in [-0.1, -0.05) is 6.07 Å². The number of rotatable bonds is 2. The first-order valence-corrected chi connectivity index (χ1v) is 4.96. The van der Waals surface area contributed by atoms with Crippen LogP contribution in [-0.2, 0) is 6.42 Å². The first-order valence-electron chi connectivity index (χ1n) is 4.96. The molecule has 0 saturated heterocycles. The number of phenolic OH excluding ortho intramolecular Hbond substituents is 2. The third-order valence-corrected chi connectivity index (χ3v) is 2.38. The highest BCUT2D eigenvalue weighted by atomic mass is 16.3. The lowest BCUT2D eigenvalue weighted by Crippen LogP contribution is -2.28. The first kappa shape index (κ1) is 9.83. The van der Waals surface area contributed by atoms with Gasteiger partial charge in [0.25, 0.3) is 0 Å². The summed E-state index contributed by atoms with van der Waals surface area (Å²) in [6, 6.07) is 5.22. The second-order valence-electron chi connectivity index (χ2n) is 3.83. The Morgan fingerprint density at radius 1 is 1.40 bits per heavy atom. The number of hydrogen-bond donors (Lipinski definition) is 3. The SMILES string of the molecule is C[C@@H]1CN=C(Cc2ccc(O)c(O)c2)N1. The molecule has 1 aromatic carbocycles. The van der Waals surface area contributed by atoms with Crippen molar-refractivity contribution in [2.45, 2.75) is 19.4 Å². The van der Waals surface area contributed by atoms with Crippen molar-refractivity contribution >= 4 is 5.84 Å². The molecule has 0 saturated carbocycles. The highest BCUT2D eigenvalue weighted by Gasteiger charge is 2.13. The molecule has 15 heavy (non-hydrogen) atoms. The van der Waals surface area contributed by atoms with Gasteiger partial charge in [0, 0.05) is 12.5 Å². The number of amidine groups is 1. The molecule has 2 rings (SSSR count). The Kier molecular flexibility index (Phi) is 2.49. The van der Waals surface area contributed by atoms with Gasteiger partial charge >= 0.3 is 0 Å². The van der Waals surface area contributed by atoms with Gasteiger partial charge in [-0.25, -0.2) is 0 Å². The number of nitrogens with zero attached hydrogens (tertiary/aromatic N) is 1. The quantitative estimate of drug-likeness (QED) is 0.633. The molecule has 0 amide bonds. The molecule has 3 N–H and O–H groups in total. The second kappa shape index (κ2) is 3.81. The summed E-state index contributed by atoms with van der Waals surface area (Å²) in [5.74, 6) is 0.764. The van der Waals surface area contributed by atoms with E-state index in [2.05, 4.69) is 17.2 Å². The van der Waals surface area contributed by atoms with Crippen LogP contribution in [0.15, 0.2) is 23.2 Å². The lowest BCUT2D eigenvalue weighted by atomic mass is 10.1. The molecule has 0 fully saturated rings. The van der Waals surface area contributed by atoms with E-state index in [-0.39, 0.29) is 11.5 Å². The van der Waals surface area contributed by atoms with Crippen molar-refractivity contribution < 1.29 is 10.2 Å². The zero-order valence-electron chi connectivity index (χ0n) is 8.57. The van der Waals surface area contributed by atoms with E-state index in [1.807, 2.05) is 0 Å².